The highest BCUT2D eigenvalue weighted by atomic mass is 19.1. The maximum Gasteiger partial charge on any atom is 0.322 e. The van der Waals surface area contributed by atoms with Crippen LogP contribution in [-0.2, 0) is 6.42 Å². The van der Waals surface area contributed by atoms with Gasteiger partial charge in [-0.25, -0.2) is 18.6 Å². The molecule has 0 aliphatic carbocycles. The van der Waals surface area contributed by atoms with E-state index >= 15 is 0 Å². The van der Waals surface area contributed by atoms with Crippen LogP contribution in [0.4, 0.5) is 23.7 Å². The van der Waals surface area contributed by atoms with Crippen LogP contribution in [0.15, 0.2) is 47.5 Å². The average Bonchev–Trinajstić information content (AvgIpc) is 3.06. The number of anilines is 1. The number of fused-ring (bicyclic) bond motifs is 4. The molecule has 2 atom stereocenters. The summed E-state index contributed by atoms with van der Waals surface area (Å²) in [5.41, 5.74) is 1.44. The lowest BCUT2D eigenvalue weighted by Crippen LogP contribution is -2.44. The minimum Gasteiger partial charge on any atom is -0.329 e. The number of amides is 2. The van der Waals surface area contributed by atoms with Crippen LogP contribution in [0.1, 0.15) is 30.0 Å². The number of benzene rings is 1. The Labute approximate surface area is 174 Å². The van der Waals surface area contributed by atoms with Gasteiger partial charge in [-0.15, -0.1) is 0 Å². The molecule has 2 N–H and O–H groups in total. The number of pyridine rings is 2. The summed E-state index contributed by atoms with van der Waals surface area (Å²) in [6.07, 6.45) is 4.75. The van der Waals surface area contributed by atoms with E-state index in [9.17, 15) is 22.8 Å². The fourth-order valence-electron chi connectivity index (χ4n) is 4.54. The first-order valence-corrected chi connectivity index (χ1v) is 9.82. The summed E-state index contributed by atoms with van der Waals surface area (Å²) < 4.78 is 42.3. The van der Waals surface area contributed by atoms with E-state index in [2.05, 4.69) is 15.3 Å². The Balaban J connectivity index is 1.41. The van der Waals surface area contributed by atoms with Crippen LogP contribution < -0.4 is 10.9 Å². The highest BCUT2D eigenvalue weighted by Crippen LogP contribution is 2.43. The number of hydrogen-bond acceptors (Lipinski definition) is 3. The van der Waals surface area contributed by atoms with Crippen LogP contribution in [0.2, 0.25) is 0 Å². The number of aromatic nitrogens is 2. The minimum atomic E-state index is -0.817. The maximum absolute atomic E-state index is 14.7. The van der Waals surface area contributed by atoms with E-state index < -0.39 is 23.6 Å². The van der Waals surface area contributed by atoms with E-state index in [0.29, 0.717) is 6.42 Å². The Morgan fingerprint density at radius 1 is 1.13 bits per heavy atom. The topological polar surface area (TPSA) is 78.1 Å². The fraction of sp³-hybridized carbons (Fsp3) is 0.227. The molecule has 158 valence electrons. The number of H-pyrrole nitrogens is 1. The van der Waals surface area contributed by atoms with E-state index in [1.807, 2.05) is 0 Å². The molecule has 5 rings (SSSR count). The predicted octanol–water partition coefficient (Wildman–Crippen LogP) is 4.15. The number of carbonyl (C=O) groups is 1. The third kappa shape index (κ3) is 3.35. The van der Waals surface area contributed by atoms with Crippen molar-refractivity contribution in [3.63, 3.8) is 0 Å². The van der Waals surface area contributed by atoms with Crippen molar-refractivity contribution in [2.75, 3.05) is 5.32 Å². The average molecular weight is 426 g/mol. The molecule has 1 aromatic carbocycles. The Morgan fingerprint density at radius 3 is 2.74 bits per heavy atom. The van der Waals surface area contributed by atoms with Gasteiger partial charge in [0.2, 0.25) is 11.5 Å². The van der Waals surface area contributed by atoms with Gasteiger partial charge in [0.05, 0.1) is 11.7 Å². The predicted molar refractivity (Wildman–Crippen MR) is 107 cm³/mol. The van der Waals surface area contributed by atoms with Crippen molar-refractivity contribution in [2.24, 2.45) is 0 Å². The molecule has 2 amide bonds. The van der Waals surface area contributed by atoms with Gasteiger partial charge >= 0.3 is 6.03 Å². The first-order chi connectivity index (χ1) is 14.9. The van der Waals surface area contributed by atoms with Crippen molar-refractivity contribution in [1.29, 1.82) is 0 Å². The Kier molecular flexibility index (Phi) is 4.53. The quantitative estimate of drug-likeness (QED) is 0.605. The second-order valence-electron chi connectivity index (χ2n) is 7.75. The zero-order valence-electron chi connectivity index (χ0n) is 16.2. The van der Waals surface area contributed by atoms with Crippen LogP contribution in [0.25, 0.3) is 11.1 Å². The minimum absolute atomic E-state index is 0.0843. The smallest absolute Gasteiger partial charge is 0.322 e. The largest absolute Gasteiger partial charge is 0.329 e. The molecule has 0 unspecified atom stereocenters. The standard InChI is InChI=1S/C22H17F3N4O2/c23-16-8-18(17(24)7-14(16)11-1-4-20(25)26-9-11)28-22(31)29-13-2-3-19(29)15-10-27-21(30)6-12(15)5-13/h1,4,6-10,13,19H,2-3,5H2,(H,27,30)(H,28,31)/t13-,19+/m0/s1. The van der Waals surface area contributed by atoms with Gasteiger partial charge in [0.1, 0.15) is 11.6 Å². The van der Waals surface area contributed by atoms with E-state index in [1.54, 1.807) is 17.2 Å². The molecule has 0 spiro atoms. The summed E-state index contributed by atoms with van der Waals surface area (Å²) in [6.45, 7) is 0. The molecule has 2 bridgehead atoms. The monoisotopic (exact) mass is 426 g/mol. The van der Waals surface area contributed by atoms with E-state index in [-0.39, 0.29) is 34.5 Å². The first-order valence-electron chi connectivity index (χ1n) is 9.82. The molecule has 3 aromatic rings. The number of carbonyl (C=O) groups excluding carboxylic acids is 1. The maximum atomic E-state index is 14.7. The van der Waals surface area contributed by atoms with Crippen molar-refractivity contribution in [1.82, 2.24) is 14.9 Å². The molecule has 4 heterocycles. The highest BCUT2D eigenvalue weighted by molar-refractivity contribution is 5.91. The van der Waals surface area contributed by atoms with Crippen molar-refractivity contribution >= 4 is 11.7 Å². The van der Waals surface area contributed by atoms with Crippen molar-refractivity contribution < 1.29 is 18.0 Å². The first kappa shape index (κ1) is 19.3. The van der Waals surface area contributed by atoms with Gasteiger partial charge in [0.15, 0.2) is 0 Å². The number of rotatable bonds is 2. The molecule has 1 fully saturated rings. The second-order valence-corrected chi connectivity index (χ2v) is 7.75. The van der Waals surface area contributed by atoms with Gasteiger partial charge in [-0.1, -0.05) is 0 Å². The fourth-order valence-corrected chi connectivity index (χ4v) is 4.54. The highest BCUT2D eigenvalue weighted by Gasteiger charge is 2.43. The number of urea groups is 1. The molecule has 31 heavy (non-hydrogen) atoms. The lowest BCUT2D eigenvalue weighted by atomic mass is 9.95. The Hall–Kier alpha value is -3.62. The Morgan fingerprint density at radius 2 is 1.97 bits per heavy atom. The van der Waals surface area contributed by atoms with Crippen LogP contribution in [0, 0.1) is 17.6 Å². The summed E-state index contributed by atoms with van der Waals surface area (Å²) in [4.78, 5) is 32.3. The lowest BCUT2D eigenvalue weighted by Gasteiger charge is -2.36. The van der Waals surface area contributed by atoms with E-state index in [1.165, 1.54) is 6.07 Å². The SMILES string of the molecule is O=C(Nc1cc(F)c(-c2ccc(F)nc2)cc1F)N1[C@H]2CC[C@@H]1c1c[nH]c(=O)cc1C2. The van der Waals surface area contributed by atoms with Gasteiger partial charge in [-0.05, 0) is 48.6 Å². The summed E-state index contributed by atoms with van der Waals surface area (Å²) in [6, 6.07) is 4.88. The van der Waals surface area contributed by atoms with Crippen molar-refractivity contribution in [3.05, 3.63) is 81.8 Å². The van der Waals surface area contributed by atoms with Gasteiger partial charge in [-0.2, -0.15) is 4.39 Å². The van der Waals surface area contributed by atoms with Gasteiger partial charge < -0.3 is 15.2 Å². The summed E-state index contributed by atoms with van der Waals surface area (Å²) in [5, 5.41) is 2.48. The van der Waals surface area contributed by atoms with Crippen molar-refractivity contribution in [2.45, 2.75) is 31.3 Å². The molecule has 0 saturated carbocycles. The van der Waals surface area contributed by atoms with E-state index in [0.717, 1.165) is 48.4 Å². The molecule has 6 nitrogen and oxygen atoms in total. The second kappa shape index (κ2) is 7.26. The molecular formula is C22H17F3N4O2. The number of nitrogens with zero attached hydrogens (tertiary/aromatic N) is 2. The molecule has 0 radical (unpaired) electrons. The molecule has 2 aromatic heterocycles. The van der Waals surface area contributed by atoms with Crippen LogP contribution >= 0.6 is 0 Å². The van der Waals surface area contributed by atoms with Gasteiger partial charge in [-0.3, -0.25) is 4.79 Å². The number of nitrogens with one attached hydrogen (secondary N) is 2. The zero-order chi connectivity index (χ0) is 21.7. The zero-order valence-corrected chi connectivity index (χ0v) is 16.2. The lowest BCUT2D eigenvalue weighted by molar-refractivity contribution is 0.179. The molecule has 9 heteroatoms. The number of halogens is 3. The van der Waals surface area contributed by atoms with E-state index in [4.69, 9.17) is 0 Å². The summed E-state index contributed by atoms with van der Waals surface area (Å²) >= 11 is 0. The number of aromatic amines is 1. The van der Waals surface area contributed by atoms with Gasteiger partial charge in [0, 0.05) is 41.7 Å². The molecule has 2 aliphatic heterocycles. The molecular weight excluding hydrogens is 409 g/mol. The number of hydrogen-bond donors (Lipinski definition) is 2. The Bertz CT molecular complexity index is 1240. The molecule has 2 aliphatic rings. The third-order valence-corrected chi connectivity index (χ3v) is 5.93. The van der Waals surface area contributed by atoms with Crippen LogP contribution in [-0.4, -0.2) is 26.9 Å². The normalized spacial score (nSPS) is 19.3. The summed E-state index contributed by atoms with van der Waals surface area (Å²) in [7, 11) is 0. The van der Waals surface area contributed by atoms with Crippen molar-refractivity contribution in [3.8, 4) is 11.1 Å². The van der Waals surface area contributed by atoms with Gasteiger partial charge in [0.25, 0.3) is 0 Å². The molecule has 1 saturated heterocycles. The van der Waals surface area contributed by atoms with Crippen LogP contribution in [0.5, 0.6) is 0 Å². The summed E-state index contributed by atoms with van der Waals surface area (Å²) in [5.74, 6) is -2.31. The van der Waals surface area contributed by atoms with Crippen LogP contribution in [0.3, 0.4) is 0 Å². The third-order valence-electron chi connectivity index (χ3n) is 5.93.